The van der Waals surface area contributed by atoms with Crippen LogP contribution in [0.1, 0.15) is 25.7 Å². The first kappa shape index (κ1) is 12.4. The fraction of sp³-hybridized carbons (Fsp3) is 0.294. The Labute approximate surface area is 123 Å². The summed E-state index contributed by atoms with van der Waals surface area (Å²) in [7, 11) is 0. The van der Waals surface area contributed by atoms with E-state index < -0.39 is 5.72 Å². The molecular formula is C17H17N3O. The lowest BCUT2D eigenvalue weighted by Crippen LogP contribution is -2.37. The average molecular weight is 279 g/mol. The molecule has 4 nitrogen and oxygen atoms in total. The third-order valence-electron chi connectivity index (χ3n) is 4.17. The van der Waals surface area contributed by atoms with E-state index in [1.165, 1.54) is 0 Å². The van der Waals surface area contributed by atoms with E-state index in [0.29, 0.717) is 0 Å². The summed E-state index contributed by atoms with van der Waals surface area (Å²) in [5, 5.41) is 8.67. The zero-order chi connectivity index (χ0) is 14.1. The van der Waals surface area contributed by atoms with Crippen LogP contribution in [-0.4, -0.2) is 15.0 Å². The molecule has 4 heteroatoms. The van der Waals surface area contributed by atoms with Gasteiger partial charge in [-0.2, -0.15) is 0 Å². The molecule has 1 heterocycles. The highest BCUT2D eigenvalue weighted by atomic mass is 16.5. The second-order valence-corrected chi connectivity index (χ2v) is 5.56. The molecule has 0 N–H and O–H groups in total. The van der Waals surface area contributed by atoms with E-state index in [-0.39, 0.29) is 0 Å². The molecule has 1 aliphatic carbocycles. The van der Waals surface area contributed by atoms with Gasteiger partial charge in [-0.25, -0.2) is 4.68 Å². The van der Waals surface area contributed by atoms with Crippen molar-refractivity contribution in [3.05, 3.63) is 54.6 Å². The number of hydrogen-bond acceptors (Lipinski definition) is 3. The Morgan fingerprint density at radius 3 is 2.43 bits per heavy atom. The third-order valence-corrected chi connectivity index (χ3v) is 4.17. The van der Waals surface area contributed by atoms with Crippen molar-refractivity contribution >= 4 is 11.0 Å². The molecule has 1 saturated carbocycles. The number of nitrogens with zero attached hydrogens (tertiary/aromatic N) is 3. The predicted octanol–water partition coefficient (Wildman–Crippen LogP) is 3.74. The first-order valence-electron chi connectivity index (χ1n) is 7.42. The van der Waals surface area contributed by atoms with Gasteiger partial charge in [-0.05, 0) is 37.1 Å². The summed E-state index contributed by atoms with van der Waals surface area (Å²) < 4.78 is 8.35. The normalized spacial score (nSPS) is 17.1. The van der Waals surface area contributed by atoms with Gasteiger partial charge in [0.15, 0.2) is 0 Å². The molecule has 0 unspecified atom stereocenters. The summed E-state index contributed by atoms with van der Waals surface area (Å²) in [5.74, 6) is 0.888. The predicted molar refractivity (Wildman–Crippen MR) is 81.0 cm³/mol. The van der Waals surface area contributed by atoms with Crippen molar-refractivity contribution < 1.29 is 4.74 Å². The van der Waals surface area contributed by atoms with E-state index in [1.54, 1.807) is 0 Å². The van der Waals surface area contributed by atoms with Gasteiger partial charge >= 0.3 is 0 Å². The molecular weight excluding hydrogens is 262 g/mol. The molecule has 0 aliphatic heterocycles. The first-order valence-corrected chi connectivity index (χ1v) is 7.42. The van der Waals surface area contributed by atoms with Gasteiger partial charge in [0.1, 0.15) is 11.3 Å². The number of hydrogen-bond donors (Lipinski definition) is 0. The highest BCUT2D eigenvalue weighted by Crippen LogP contribution is 2.39. The zero-order valence-electron chi connectivity index (χ0n) is 11.8. The minimum Gasteiger partial charge on any atom is -0.466 e. The van der Waals surface area contributed by atoms with Crippen LogP contribution in [0.15, 0.2) is 54.6 Å². The zero-order valence-corrected chi connectivity index (χ0v) is 11.8. The lowest BCUT2D eigenvalue weighted by atomic mass is 10.1. The van der Waals surface area contributed by atoms with Gasteiger partial charge in [0.05, 0.1) is 5.52 Å². The summed E-state index contributed by atoms with van der Waals surface area (Å²) >= 11 is 0. The van der Waals surface area contributed by atoms with E-state index >= 15 is 0 Å². The molecule has 2 aromatic carbocycles. The van der Waals surface area contributed by atoms with E-state index in [1.807, 2.05) is 53.2 Å². The van der Waals surface area contributed by atoms with Gasteiger partial charge in [0.25, 0.3) is 0 Å². The number of fused-ring (bicyclic) bond motifs is 1. The molecule has 21 heavy (non-hydrogen) atoms. The van der Waals surface area contributed by atoms with Crippen LogP contribution in [0.2, 0.25) is 0 Å². The van der Waals surface area contributed by atoms with Crippen molar-refractivity contribution in [2.24, 2.45) is 0 Å². The van der Waals surface area contributed by atoms with E-state index in [2.05, 4.69) is 16.4 Å². The topological polar surface area (TPSA) is 39.9 Å². The lowest BCUT2D eigenvalue weighted by Gasteiger charge is -2.30. The summed E-state index contributed by atoms with van der Waals surface area (Å²) in [4.78, 5) is 0. The molecule has 106 valence electrons. The summed E-state index contributed by atoms with van der Waals surface area (Å²) in [6.45, 7) is 0. The minimum atomic E-state index is -0.405. The molecule has 0 radical (unpaired) electrons. The Morgan fingerprint density at radius 1 is 0.905 bits per heavy atom. The fourth-order valence-corrected chi connectivity index (χ4v) is 3.16. The highest BCUT2D eigenvalue weighted by molar-refractivity contribution is 5.74. The lowest BCUT2D eigenvalue weighted by molar-refractivity contribution is -0.0114. The number of ether oxygens (including phenoxy) is 1. The quantitative estimate of drug-likeness (QED) is 0.733. The van der Waals surface area contributed by atoms with E-state index in [4.69, 9.17) is 4.74 Å². The Morgan fingerprint density at radius 2 is 1.62 bits per heavy atom. The van der Waals surface area contributed by atoms with Crippen LogP contribution in [0.4, 0.5) is 0 Å². The van der Waals surface area contributed by atoms with Gasteiger partial charge in [-0.15, -0.1) is 5.10 Å². The highest BCUT2D eigenvalue weighted by Gasteiger charge is 2.40. The number of benzene rings is 2. The van der Waals surface area contributed by atoms with Crippen LogP contribution < -0.4 is 4.74 Å². The molecule has 1 aliphatic rings. The van der Waals surface area contributed by atoms with Crippen molar-refractivity contribution in [3.8, 4) is 5.75 Å². The van der Waals surface area contributed by atoms with Crippen LogP contribution in [0, 0.1) is 0 Å². The van der Waals surface area contributed by atoms with Crippen molar-refractivity contribution in [1.82, 2.24) is 15.0 Å². The van der Waals surface area contributed by atoms with Crippen molar-refractivity contribution in [3.63, 3.8) is 0 Å². The molecule has 4 rings (SSSR count). The minimum absolute atomic E-state index is 0.405. The van der Waals surface area contributed by atoms with Crippen LogP contribution in [0.25, 0.3) is 11.0 Å². The molecule has 0 spiro atoms. The molecule has 0 bridgehead atoms. The number of para-hydroxylation sites is 2. The average Bonchev–Trinajstić information content (AvgIpc) is 3.15. The van der Waals surface area contributed by atoms with Gasteiger partial charge in [-0.3, -0.25) is 0 Å². The van der Waals surface area contributed by atoms with Crippen molar-refractivity contribution in [1.29, 1.82) is 0 Å². The van der Waals surface area contributed by atoms with E-state index in [0.717, 1.165) is 42.5 Å². The Hall–Kier alpha value is -2.36. The van der Waals surface area contributed by atoms with Gasteiger partial charge in [-0.1, -0.05) is 35.5 Å². The standard InChI is InChI=1S/C17H17N3O/c1-2-8-14(9-3-1)21-17(12-6-7-13-17)20-16-11-5-4-10-15(16)18-19-20/h1-5,8-11H,6-7,12-13H2. The monoisotopic (exact) mass is 279 g/mol. The summed E-state index contributed by atoms with van der Waals surface area (Å²) in [5.41, 5.74) is 1.55. The largest absolute Gasteiger partial charge is 0.466 e. The molecule has 1 fully saturated rings. The molecule has 0 saturated heterocycles. The number of rotatable bonds is 3. The Kier molecular flexibility index (Phi) is 2.88. The second-order valence-electron chi connectivity index (χ2n) is 5.56. The van der Waals surface area contributed by atoms with Crippen molar-refractivity contribution in [2.75, 3.05) is 0 Å². The van der Waals surface area contributed by atoms with Gasteiger partial charge in [0, 0.05) is 12.8 Å². The Balaban J connectivity index is 1.80. The van der Waals surface area contributed by atoms with Crippen LogP contribution in [-0.2, 0) is 5.72 Å². The van der Waals surface area contributed by atoms with Crippen LogP contribution in [0.3, 0.4) is 0 Å². The second kappa shape index (κ2) is 4.88. The van der Waals surface area contributed by atoms with Crippen LogP contribution in [0.5, 0.6) is 5.75 Å². The molecule has 3 aromatic rings. The maximum absolute atomic E-state index is 6.38. The van der Waals surface area contributed by atoms with Gasteiger partial charge < -0.3 is 4.74 Å². The fourth-order valence-electron chi connectivity index (χ4n) is 3.16. The molecule has 0 atom stereocenters. The molecule has 1 aromatic heterocycles. The Bertz CT molecular complexity index is 745. The smallest absolute Gasteiger partial charge is 0.204 e. The van der Waals surface area contributed by atoms with Crippen LogP contribution >= 0.6 is 0 Å². The maximum atomic E-state index is 6.38. The summed E-state index contributed by atoms with van der Waals surface area (Å²) in [6, 6.07) is 18.0. The van der Waals surface area contributed by atoms with E-state index in [9.17, 15) is 0 Å². The maximum Gasteiger partial charge on any atom is 0.204 e. The SMILES string of the molecule is c1ccc(OC2(n3nnc4ccccc43)CCCC2)cc1. The first-order chi connectivity index (χ1) is 10.4. The summed E-state index contributed by atoms with van der Waals surface area (Å²) in [6.07, 6.45) is 4.24. The number of aromatic nitrogens is 3. The van der Waals surface area contributed by atoms with Gasteiger partial charge in [0.2, 0.25) is 5.72 Å². The van der Waals surface area contributed by atoms with Crippen molar-refractivity contribution in [2.45, 2.75) is 31.4 Å². The molecule has 0 amide bonds. The third kappa shape index (κ3) is 2.07.